The molecule has 50 heavy (non-hydrogen) atoms. The van der Waals surface area contributed by atoms with Crippen LogP contribution in [0.1, 0.15) is 0 Å². The number of aromatic nitrogens is 3. The largest absolute Gasteiger partial charge is 0.208 e. The highest BCUT2D eigenvalue weighted by atomic mass is 15.0. The zero-order valence-corrected chi connectivity index (χ0v) is 27.2. The van der Waals surface area contributed by atoms with E-state index in [1.165, 1.54) is 33.0 Å². The number of hydrogen-bond acceptors (Lipinski definition) is 3. The third kappa shape index (κ3) is 5.61. The Balaban J connectivity index is 1.17. The zero-order chi connectivity index (χ0) is 33.3. The van der Waals surface area contributed by atoms with Crippen LogP contribution in [-0.2, 0) is 0 Å². The van der Waals surface area contributed by atoms with Crippen molar-refractivity contribution in [3.63, 3.8) is 0 Å². The highest BCUT2D eigenvalue weighted by Gasteiger charge is 2.16. The highest BCUT2D eigenvalue weighted by molar-refractivity contribution is 6.05. The predicted octanol–water partition coefficient (Wildman–Crippen LogP) is 12.2. The molecule has 0 fully saturated rings. The van der Waals surface area contributed by atoms with Crippen molar-refractivity contribution >= 4 is 21.5 Å². The van der Waals surface area contributed by atoms with Crippen molar-refractivity contribution in [3.05, 3.63) is 188 Å². The molecule has 0 unspecified atom stereocenters. The van der Waals surface area contributed by atoms with Crippen LogP contribution in [0, 0.1) is 0 Å². The molecule has 0 aliphatic heterocycles. The second-order valence-electron chi connectivity index (χ2n) is 12.5. The molecule has 0 saturated heterocycles. The minimum atomic E-state index is 0.643. The smallest absolute Gasteiger partial charge is 0.164 e. The Labute approximate surface area is 291 Å². The van der Waals surface area contributed by atoms with Crippen LogP contribution < -0.4 is 0 Å². The molecule has 0 aliphatic rings. The first kappa shape index (κ1) is 29.4. The van der Waals surface area contributed by atoms with E-state index in [-0.39, 0.29) is 0 Å². The molecule has 1 heterocycles. The molecule has 0 radical (unpaired) electrons. The van der Waals surface area contributed by atoms with Crippen molar-refractivity contribution in [1.82, 2.24) is 15.0 Å². The van der Waals surface area contributed by atoms with Gasteiger partial charge in [-0.15, -0.1) is 0 Å². The van der Waals surface area contributed by atoms with Crippen LogP contribution in [0.3, 0.4) is 0 Å². The van der Waals surface area contributed by atoms with Crippen LogP contribution in [0.15, 0.2) is 188 Å². The first-order valence-electron chi connectivity index (χ1n) is 16.9. The van der Waals surface area contributed by atoms with E-state index in [9.17, 15) is 0 Å². The average molecular weight is 638 g/mol. The molecule has 9 aromatic rings. The van der Waals surface area contributed by atoms with E-state index in [1.807, 2.05) is 36.4 Å². The van der Waals surface area contributed by atoms with Gasteiger partial charge in [0, 0.05) is 16.7 Å². The van der Waals surface area contributed by atoms with Gasteiger partial charge in [-0.1, -0.05) is 164 Å². The Bertz CT molecular complexity index is 2630. The van der Waals surface area contributed by atoms with Gasteiger partial charge in [-0.3, -0.25) is 0 Å². The van der Waals surface area contributed by atoms with E-state index in [2.05, 4.69) is 152 Å². The number of benzene rings is 8. The van der Waals surface area contributed by atoms with Crippen molar-refractivity contribution in [2.24, 2.45) is 0 Å². The lowest BCUT2D eigenvalue weighted by molar-refractivity contribution is 1.08. The van der Waals surface area contributed by atoms with E-state index in [0.29, 0.717) is 17.5 Å². The number of hydrogen-bond donors (Lipinski definition) is 0. The second kappa shape index (κ2) is 12.7. The molecule has 0 spiro atoms. The number of fused-ring (bicyclic) bond motifs is 2. The number of rotatable bonds is 6. The molecule has 234 valence electrons. The average Bonchev–Trinajstić information content (AvgIpc) is 3.21. The maximum absolute atomic E-state index is 5.14. The third-order valence-electron chi connectivity index (χ3n) is 9.32. The summed E-state index contributed by atoms with van der Waals surface area (Å²) in [4.78, 5) is 15.2. The van der Waals surface area contributed by atoms with Gasteiger partial charge in [-0.2, -0.15) is 0 Å². The monoisotopic (exact) mass is 637 g/mol. The standard InChI is InChI=1S/C47H31N3/c1-4-13-32(14-5-1)35-19-12-20-40(31-35)46-48-45(34-17-8-3-9-18-34)49-47(50-46)44-28-27-41(42-21-10-11-22-43(42)44)39-26-25-37-29-36(23-24-38(37)30-39)33-15-6-2-7-16-33/h1-31H. The molecule has 3 heteroatoms. The van der Waals surface area contributed by atoms with Gasteiger partial charge in [0.2, 0.25) is 0 Å². The first-order chi connectivity index (χ1) is 24.8. The third-order valence-corrected chi connectivity index (χ3v) is 9.32. The quantitative estimate of drug-likeness (QED) is 0.182. The van der Waals surface area contributed by atoms with Crippen LogP contribution in [0.25, 0.3) is 89.1 Å². The fourth-order valence-electron chi connectivity index (χ4n) is 6.78. The molecular formula is C47H31N3. The predicted molar refractivity (Wildman–Crippen MR) is 207 cm³/mol. The molecular weight excluding hydrogens is 607 g/mol. The Morgan fingerprint density at radius 3 is 1.34 bits per heavy atom. The van der Waals surface area contributed by atoms with Gasteiger partial charge in [0.25, 0.3) is 0 Å². The Kier molecular flexibility index (Phi) is 7.49. The first-order valence-corrected chi connectivity index (χ1v) is 16.9. The van der Waals surface area contributed by atoms with E-state index < -0.39 is 0 Å². The Morgan fingerprint density at radius 2 is 0.680 bits per heavy atom. The molecule has 3 nitrogen and oxygen atoms in total. The summed E-state index contributed by atoms with van der Waals surface area (Å²) in [6, 6.07) is 65.9. The normalized spacial score (nSPS) is 11.2. The minimum Gasteiger partial charge on any atom is -0.208 e. The Morgan fingerprint density at radius 1 is 0.240 bits per heavy atom. The van der Waals surface area contributed by atoms with Crippen molar-refractivity contribution < 1.29 is 0 Å². The topological polar surface area (TPSA) is 38.7 Å². The van der Waals surface area contributed by atoms with E-state index in [4.69, 9.17) is 15.0 Å². The van der Waals surface area contributed by atoms with E-state index >= 15 is 0 Å². The zero-order valence-electron chi connectivity index (χ0n) is 27.2. The molecule has 1 aromatic heterocycles. The second-order valence-corrected chi connectivity index (χ2v) is 12.5. The minimum absolute atomic E-state index is 0.643. The summed E-state index contributed by atoms with van der Waals surface area (Å²) < 4.78 is 0. The molecule has 0 aliphatic carbocycles. The van der Waals surface area contributed by atoms with Crippen molar-refractivity contribution in [2.75, 3.05) is 0 Å². The van der Waals surface area contributed by atoms with Crippen LogP contribution in [-0.4, -0.2) is 15.0 Å². The van der Waals surface area contributed by atoms with E-state index in [1.54, 1.807) is 0 Å². The van der Waals surface area contributed by atoms with Gasteiger partial charge in [0.15, 0.2) is 17.5 Å². The van der Waals surface area contributed by atoms with Gasteiger partial charge >= 0.3 is 0 Å². The lowest BCUT2D eigenvalue weighted by Crippen LogP contribution is -2.01. The molecule has 8 aromatic carbocycles. The van der Waals surface area contributed by atoms with E-state index in [0.717, 1.165) is 38.6 Å². The van der Waals surface area contributed by atoms with Crippen LogP contribution in [0.4, 0.5) is 0 Å². The van der Waals surface area contributed by atoms with Crippen LogP contribution in [0.2, 0.25) is 0 Å². The number of nitrogens with zero attached hydrogens (tertiary/aromatic N) is 3. The van der Waals surface area contributed by atoms with Crippen LogP contribution in [0.5, 0.6) is 0 Å². The summed E-state index contributed by atoms with van der Waals surface area (Å²) in [5, 5.41) is 4.68. The maximum Gasteiger partial charge on any atom is 0.164 e. The van der Waals surface area contributed by atoms with Gasteiger partial charge in [0.1, 0.15) is 0 Å². The summed E-state index contributed by atoms with van der Waals surface area (Å²) in [6.07, 6.45) is 0. The van der Waals surface area contributed by atoms with Crippen molar-refractivity contribution in [2.45, 2.75) is 0 Å². The van der Waals surface area contributed by atoms with Crippen LogP contribution >= 0.6 is 0 Å². The fourth-order valence-corrected chi connectivity index (χ4v) is 6.78. The van der Waals surface area contributed by atoms with Gasteiger partial charge in [0.05, 0.1) is 0 Å². The van der Waals surface area contributed by atoms with Gasteiger partial charge < -0.3 is 0 Å². The molecule has 9 rings (SSSR count). The maximum atomic E-state index is 5.14. The molecule has 0 amide bonds. The summed E-state index contributed by atoms with van der Waals surface area (Å²) >= 11 is 0. The SMILES string of the molecule is c1ccc(-c2cccc(-c3nc(-c4ccccc4)nc(-c4ccc(-c5ccc6cc(-c7ccccc7)ccc6c5)c5ccccc45)n3)c2)cc1. The molecule has 0 atom stereocenters. The summed E-state index contributed by atoms with van der Waals surface area (Å²) in [6.45, 7) is 0. The van der Waals surface area contributed by atoms with Gasteiger partial charge in [-0.05, 0) is 79.2 Å². The molecule has 0 N–H and O–H groups in total. The summed E-state index contributed by atoms with van der Waals surface area (Å²) in [5.74, 6) is 1.94. The van der Waals surface area contributed by atoms with Crippen molar-refractivity contribution in [1.29, 1.82) is 0 Å². The summed E-state index contributed by atoms with van der Waals surface area (Å²) in [7, 11) is 0. The van der Waals surface area contributed by atoms with Crippen molar-refractivity contribution in [3.8, 4) is 67.5 Å². The Hall–Kier alpha value is -6.71. The lowest BCUT2D eigenvalue weighted by Gasteiger charge is -2.14. The fraction of sp³-hybridized carbons (Fsp3) is 0. The highest BCUT2D eigenvalue weighted by Crippen LogP contribution is 2.37. The lowest BCUT2D eigenvalue weighted by atomic mass is 9.93. The molecule has 0 saturated carbocycles. The van der Waals surface area contributed by atoms with Gasteiger partial charge in [-0.25, -0.2) is 15.0 Å². The molecule has 0 bridgehead atoms. The summed E-state index contributed by atoms with van der Waals surface area (Å²) in [5.41, 5.74) is 9.92.